The Labute approximate surface area is 193 Å². The molecule has 2 N–H and O–H groups in total. The van der Waals surface area contributed by atoms with Crippen molar-refractivity contribution in [3.05, 3.63) is 77.3 Å². The number of rotatable bonds is 8. The van der Waals surface area contributed by atoms with E-state index in [0.717, 1.165) is 5.56 Å². The van der Waals surface area contributed by atoms with Gasteiger partial charge in [-0.25, -0.2) is 8.42 Å². The van der Waals surface area contributed by atoms with Crippen molar-refractivity contribution in [2.45, 2.75) is 30.2 Å². The molecule has 9 heteroatoms. The van der Waals surface area contributed by atoms with Crippen molar-refractivity contribution in [3.63, 3.8) is 0 Å². The number of halogens is 1. The molecule has 7 nitrogen and oxygen atoms in total. The summed E-state index contributed by atoms with van der Waals surface area (Å²) in [6, 6.07) is 13.1. The Balaban J connectivity index is 1.59. The van der Waals surface area contributed by atoms with E-state index in [1.807, 2.05) is 18.2 Å². The van der Waals surface area contributed by atoms with E-state index in [-0.39, 0.29) is 29.3 Å². The first-order valence-corrected chi connectivity index (χ1v) is 12.2. The van der Waals surface area contributed by atoms with Gasteiger partial charge in [0, 0.05) is 36.3 Å². The summed E-state index contributed by atoms with van der Waals surface area (Å²) in [7, 11) is -3.72. The number of carbonyl (C=O) groups is 2. The van der Waals surface area contributed by atoms with Crippen LogP contribution in [0.4, 0.5) is 0 Å². The molecule has 0 aliphatic carbocycles. The highest BCUT2D eigenvalue weighted by atomic mass is 35.5. The monoisotopic (exact) mass is 475 g/mol. The van der Waals surface area contributed by atoms with Gasteiger partial charge < -0.3 is 10.6 Å². The molecule has 0 saturated carbocycles. The van der Waals surface area contributed by atoms with E-state index in [4.69, 9.17) is 11.6 Å². The fraction of sp³-hybridized carbons (Fsp3) is 0.304. The minimum absolute atomic E-state index is 0.115. The first-order chi connectivity index (χ1) is 15.3. The van der Waals surface area contributed by atoms with Gasteiger partial charge in [-0.3, -0.25) is 9.59 Å². The lowest BCUT2D eigenvalue weighted by atomic mass is 10.1. The number of hydrogen-bond donors (Lipinski definition) is 2. The minimum atomic E-state index is -3.72. The van der Waals surface area contributed by atoms with Gasteiger partial charge in [0.25, 0.3) is 5.91 Å². The summed E-state index contributed by atoms with van der Waals surface area (Å²) in [5.74, 6) is -0.596. The molecular formula is C23H26ClN3O4S. The molecule has 0 unspecified atom stereocenters. The second-order valence-electron chi connectivity index (χ2n) is 7.58. The molecule has 2 aromatic rings. The van der Waals surface area contributed by atoms with E-state index in [2.05, 4.69) is 17.2 Å². The molecule has 0 radical (unpaired) electrons. The third kappa shape index (κ3) is 6.18. The number of benzene rings is 2. The Morgan fingerprint density at radius 3 is 2.62 bits per heavy atom. The zero-order valence-electron chi connectivity index (χ0n) is 17.6. The molecule has 1 aliphatic rings. The van der Waals surface area contributed by atoms with Crippen LogP contribution in [0.1, 0.15) is 28.8 Å². The number of sulfonamides is 1. The summed E-state index contributed by atoms with van der Waals surface area (Å²) >= 11 is 5.96. The quantitative estimate of drug-likeness (QED) is 0.574. The van der Waals surface area contributed by atoms with E-state index in [1.165, 1.54) is 34.6 Å². The summed E-state index contributed by atoms with van der Waals surface area (Å²) in [5, 5.41) is 6.23. The number of nitrogens with zero attached hydrogens (tertiary/aromatic N) is 1. The van der Waals surface area contributed by atoms with E-state index >= 15 is 0 Å². The van der Waals surface area contributed by atoms with Crippen molar-refractivity contribution in [1.29, 1.82) is 0 Å². The fourth-order valence-corrected chi connectivity index (χ4v) is 5.32. The van der Waals surface area contributed by atoms with E-state index < -0.39 is 10.0 Å². The number of amides is 2. The van der Waals surface area contributed by atoms with Crippen LogP contribution in [-0.2, 0) is 21.2 Å². The van der Waals surface area contributed by atoms with Crippen molar-refractivity contribution >= 4 is 33.4 Å². The predicted octanol–water partition coefficient (Wildman–Crippen LogP) is 2.77. The van der Waals surface area contributed by atoms with Crippen molar-refractivity contribution in [3.8, 4) is 0 Å². The average Bonchev–Trinajstić information content (AvgIpc) is 2.79. The maximum atomic E-state index is 13.0. The van der Waals surface area contributed by atoms with Gasteiger partial charge in [0.15, 0.2) is 0 Å². The molecule has 32 heavy (non-hydrogen) atoms. The first-order valence-electron chi connectivity index (χ1n) is 10.4. The SMILES string of the molecule is C=CC(=O)N[C@H]1CCCN(S(=O)(=O)c2ccc(C(=O)NCCc3cccc(Cl)c3)cc2)C1. The van der Waals surface area contributed by atoms with Crippen LogP contribution in [0.25, 0.3) is 0 Å². The van der Waals surface area contributed by atoms with Gasteiger partial charge >= 0.3 is 0 Å². The molecule has 0 aromatic heterocycles. The van der Waals surface area contributed by atoms with Crippen LogP contribution in [-0.4, -0.2) is 50.2 Å². The normalized spacial score (nSPS) is 16.8. The third-order valence-corrected chi connectivity index (χ3v) is 7.37. The molecule has 1 saturated heterocycles. The molecule has 2 amide bonds. The molecule has 170 valence electrons. The largest absolute Gasteiger partial charge is 0.352 e. The highest BCUT2D eigenvalue weighted by Crippen LogP contribution is 2.21. The first kappa shape index (κ1) is 24.0. The Morgan fingerprint density at radius 2 is 1.94 bits per heavy atom. The maximum Gasteiger partial charge on any atom is 0.251 e. The van der Waals surface area contributed by atoms with Crippen molar-refractivity contribution in [2.75, 3.05) is 19.6 Å². The van der Waals surface area contributed by atoms with Crippen LogP contribution in [0.3, 0.4) is 0 Å². The zero-order chi connectivity index (χ0) is 23.1. The zero-order valence-corrected chi connectivity index (χ0v) is 19.2. The van der Waals surface area contributed by atoms with Crippen LogP contribution in [0.15, 0.2) is 66.1 Å². The molecule has 1 heterocycles. The van der Waals surface area contributed by atoms with Gasteiger partial charge in [0.2, 0.25) is 15.9 Å². The second kappa shape index (κ2) is 10.8. The highest BCUT2D eigenvalue weighted by molar-refractivity contribution is 7.89. The topological polar surface area (TPSA) is 95.6 Å². The summed E-state index contributed by atoms with van der Waals surface area (Å²) in [6.07, 6.45) is 3.16. The second-order valence-corrected chi connectivity index (χ2v) is 9.95. The van der Waals surface area contributed by atoms with E-state index in [1.54, 1.807) is 6.07 Å². The lowest BCUT2D eigenvalue weighted by Crippen LogP contribution is -2.49. The van der Waals surface area contributed by atoms with Gasteiger partial charge in [-0.1, -0.05) is 30.3 Å². The van der Waals surface area contributed by atoms with Gasteiger partial charge in [-0.15, -0.1) is 0 Å². The standard InChI is InChI=1S/C23H26ClN3O4S/c1-2-22(28)26-20-7-4-14-27(16-20)32(30,31)21-10-8-18(9-11-21)23(29)25-13-12-17-5-3-6-19(24)15-17/h2-3,5-6,8-11,15,20H,1,4,7,12-14,16H2,(H,25,29)(H,26,28)/t20-/m0/s1. The molecule has 1 aliphatic heterocycles. The molecule has 0 bridgehead atoms. The molecule has 3 rings (SSSR count). The Morgan fingerprint density at radius 1 is 1.19 bits per heavy atom. The summed E-state index contributed by atoms with van der Waals surface area (Å²) in [6.45, 7) is 4.44. The molecular weight excluding hydrogens is 450 g/mol. The third-order valence-electron chi connectivity index (χ3n) is 5.26. The average molecular weight is 476 g/mol. The molecule has 2 aromatic carbocycles. The smallest absolute Gasteiger partial charge is 0.251 e. The van der Waals surface area contributed by atoms with Crippen LogP contribution in [0.5, 0.6) is 0 Å². The van der Waals surface area contributed by atoms with Crippen LogP contribution in [0.2, 0.25) is 5.02 Å². The molecule has 0 spiro atoms. The minimum Gasteiger partial charge on any atom is -0.352 e. The number of carbonyl (C=O) groups excluding carboxylic acids is 2. The molecule has 1 fully saturated rings. The summed E-state index contributed by atoms with van der Waals surface area (Å²) < 4.78 is 27.4. The Hall–Kier alpha value is -2.68. The Bertz CT molecular complexity index is 1090. The van der Waals surface area contributed by atoms with Crippen LogP contribution >= 0.6 is 11.6 Å². The summed E-state index contributed by atoms with van der Waals surface area (Å²) in [5.41, 5.74) is 1.40. The van der Waals surface area contributed by atoms with E-state index in [9.17, 15) is 18.0 Å². The van der Waals surface area contributed by atoms with Gasteiger partial charge in [0.05, 0.1) is 4.90 Å². The van der Waals surface area contributed by atoms with Gasteiger partial charge in [0.1, 0.15) is 0 Å². The van der Waals surface area contributed by atoms with E-state index in [0.29, 0.717) is 42.9 Å². The maximum absolute atomic E-state index is 13.0. The van der Waals surface area contributed by atoms with Crippen LogP contribution < -0.4 is 10.6 Å². The van der Waals surface area contributed by atoms with Crippen LogP contribution in [0, 0.1) is 0 Å². The number of piperidine rings is 1. The van der Waals surface area contributed by atoms with Crippen molar-refractivity contribution in [1.82, 2.24) is 14.9 Å². The lowest BCUT2D eigenvalue weighted by molar-refractivity contribution is -0.117. The number of nitrogens with one attached hydrogen (secondary N) is 2. The Kier molecular flexibility index (Phi) is 8.06. The molecule has 1 atom stereocenters. The predicted molar refractivity (Wildman–Crippen MR) is 124 cm³/mol. The summed E-state index contributed by atoms with van der Waals surface area (Å²) in [4.78, 5) is 24.0. The van der Waals surface area contributed by atoms with Gasteiger partial charge in [-0.05, 0) is 67.3 Å². The van der Waals surface area contributed by atoms with Gasteiger partial charge in [-0.2, -0.15) is 4.31 Å². The van der Waals surface area contributed by atoms with Crippen molar-refractivity contribution < 1.29 is 18.0 Å². The lowest BCUT2D eigenvalue weighted by Gasteiger charge is -2.32. The number of hydrogen-bond acceptors (Lipinski definition) is 4. The van der Waals surface area contributed by atoms with Crippen molar-refractivity contribution in [2.24, 2.45) is 0 Å². The fourth-order valence-electron chi connectivity index (χ4n) is 3.58. The highest BCUT2D eigenvalue weighted by Gasteiger charge is 2.30.